The highest BCUT2D eigenvalue weighted by Crippen LogP contribution is 2.73. The maximum Gasteiger partial charge on any atom is 0.186 e. The van der Waals surface area contributed by atoms with Gasteiger partial charge in [-0.15, -0.1) is 0 Å². The van der Waals surface area contributed by atoms with Crippen molar-refractivity contribution in [2.75, 3.05) is 13.2 Å². The summed E-state index contributed by atoms with van der Waals surface area (Å²) < 4.78 is 11.9. The van der Waals surface area contributed by atoms with Gasteiger partial charge in [0.1, 0.15) is 24.4 Å². The van der Waals surface area contributed by atoms with E-state index in [9.17, 15) is 30.6 Å². The van der Waals surface area contributed by atoms with E-state index in [1.807, 2.05) is 6.92 Å². The van der Waals surface area contributed by atoms with Gasteiger partial charge in [-0.2, -0.15) is 0 Å². The van der Waals surface area contributed by atoms with E-state index < -0.39 is 42.9 Å². The Hall–Kier alpha value is -0.320. The Balaban J connectivity index is 1.42. The highest BCUT2D eigenvalue weighted by molar-refractivity contribution is 5.17. The Morgan fingerprint density at radius 2 is 1.62 bits per heavy atom. The molecule has 4 aliphatic carbocycles. The van der Waals surface area contributed by atoms with Crippen molar-refractivity contribution in [2.24, 2.45) is 34.0 Å². The standard InChI is InChI=1S/C26H44O8/c1-23(13-28)9-15(33-22-21(31)20(30)19(29)16(11-27)34-22)10-24(2)17(23)6-7-26-8-14(4-5-18(24)26)25(3,32)12-26/h14-22,27-32H,4-13H2,1-3H3/t14-,15+,16-,17+,18-,19-,20-,21-,22-,23+,24+,25+,26-/m1/s1. The van der Waals surface area contributed by atoms with Gasteiger partial charge in [0.05, 0.1) is 18.3 Å². The molecule has 0 aromatic heterocycles. The quantitative estimate of drug-likeness (QED) is 0.324. The van der Waals surface area contributed by atoms with Gasteiger partial charge in [-0.3, -0.25) is 0 Å². The number of aliphatic hydroxyl groups is 6. The van der Waals surface area contributed by atoms with E-state index in [1.54, 1.807) is 0 Å². The van der Waals surface area contributed by atoms with Gasteiger partial charge >= 0.3 is 0 Å². The molecule has 0 aromatic carbocycles. The highest BCUT2D eigenvalue weighted by Gasteiger charge is 2.67. The molecule has 0 unspecified atom stereocenters. The molecule has 5 aliphatic rings. The molecule has 34 heavy (non-hydrogen) atoms. The first-order valence-electron chi connectivity index (χ1n) is 13.2. The second-order valence-corrected chi connectivity index (χ2v) is 13.2. The molecular weight excluding hydrogens is 440 g/mol. The van der Waals surface area contributed by atoms with Crippen molar-refractivity contribution >= 4 is 0 Å². The van der Waals surface area contributed by atoms with Crippen LogP contribution in [0.15, 0.2) is 0 Å². The summed E-state index contributed by atoms with van der Waals surface area (Å²) in [6.07, 6.45) is 0.692. The van der Waals surface area contributed by atoms with Crippen LogP contribution in [-0.4, -0.2) is 86.3 Å². The van der Waals surface area contributed by atoms with Gasteiger partial charge in [-0.05, 0) is 92.3 Å². The minimum Gasteiger partial charge on any atom is -0.396 e. The van der Waals surface area contributed by atoms with Crippen molar-refractivity contribution in [3.05, 3.63) is 0 Å². The molecule has 0 amide bonds. The fourth-order valence-corrected chi connectivity index (χ4v) is 9.69. The molecule has 5 rings (SSSR count). The highest BCUT2D eigenvalue weighted by atomic mass is 16.7. The number of rotatable bonds is 4. The molecule has 6 N–H and O–H groups in total. The van der Waals surface area contributed by atoms with Gasteiger partial charge in [-0.1, -0.05) is 13.8 Å². The number of aliphatic hydroxyl groups excluding tert-OH is 5. The third-order valence-electron chi connectivity index (χ3n) is 11.0. The Labute approximate surface area is 202 Å². The number of fused-ring (bicyclic) bond motifs is 3. The van der Waals surface area contributed by atoms with Crippen molar-refractivity contribution in [3.8, 4) is 0 Å². The first kappa shape index (κ1) is 25.3. The van der Waals surface area contributed by atoms with Crippen LogP contribution in [0.4, 0.5) is 0 Å². The lowest BCUT2D eigenvalue weighted by atomic mass is 9.40. The molecule has 1 spiro atoms. The molecule has 196 valence electrons. The Bertz CT molecular complexity index is 774. The predicted octanol–water partition coefficient (Wildman–Crippen LogP) is 0.938. The van der Waals surface area contributed by atoms with Crippen molar-refractivity contribution in [2.45, 2.75) is 115 Å². The molecule has 1 aliphatic heterocycles. The molecule has 8 nitrogen and oxygen atoms in total. The van der Waals surface area contributed by atoms with Crippen LogP contribution >= 0.6 is 0 Å². The van der Waals surface area contributed by atoms with Gasteiger partial charge in [0.15, 0.2) is 6.29 Å². The molecule has 13 atom stereocenters. The summed E-state index contributed by atoms with van der Waals surface area (Å²) >= 11 is 0. The van der Waals surface area contributed by atoms with Crippen molar-refractivity contribution < 1.29 is 40.1 Å². The lowest BCUT2D eigenvalue weighted by Gasteiger charge is -2.65. The van der Waals surface area contributed by atoms with Crippen LogP contribution in [0.5, 0.6) is 0 Å². The summed E-state index contributed by atoms with van der Waals surface area (Å²) in [4.78, 5) is 0. The van der Waals surface area contributed by atoms with E-state index >= 15 is 0 Å². The van der Waals surface area contributed by atoms with E-state index in [-0.39, 0.29) is 29.0 Å². The number of ether oxygens (including phenoxy) is 2. The largest absolute Gasteiger partial charge is 0.396 e. The van der Waals surface area contributed by atoms with E-state index in [0.29, 0.717) is 24.2 Å². The molecule has 8 heteroatoms. The normalized spacial score (nSPS) is 59.4. The topological polar surface area (TPSA) is 140 Å². The maximum absolute atomic E-state index is 11.1. The second-order valence-electron chi connectivity index (χ2n) is 13.2. The third kappa shape index (κ3) is 3.63. The summed E-state index contributed by atoms with van der Waals surface area (Å²) in [5.41, 5.74) is -0.943. The summed E-state index contributed by atoms with van der Waals surface area (Å²) in [6.45, 7) is 6.03. The van der Waals surface area contributed by atoms with Crippen LogP contribution in [0, 0.1) is 34.0 Å². The smallest absolute Gasteiger partial charge is 0.186 e. The predicted molar refractivity (Wildman–Crippen MR) is 122 cm³/mol. The first-order chi connectivity index (χ1) is 15.9. The molecule has 0 aromatic rings. The molecule has 1 saturated heterocycles. The van der Waals surface area contributed by atoms with E-state index in [1.165, 1.54) is 0 Å². The molecular formula is C26H44O8. The molecule has 0 radical (unpaired) electrons. The third-order valence-corrected chi connectivity index (χ3v) is 11.0. The lowest BCUT2D eigenvalue weighted by Crippen LogP contribution is -2.62. The number of hydrogen-bond donors (Lipinski definition) is 6. The van der Waals surface area contributed by atoms with Gasteiger partial charge in [0, 0.05) is 6.61 Å². The Morgan fingerprint density at radius 3 is 2.29 bits per heavy atom. The summed E-state index contributed by atoms with van der Waals surface area (Å²) in [5, 5.41) is 62.2. The fourth-order valence-electron chi connectivity index (χ4n) is 9.69. The van der Waals surface area contributed by atoms with Gasteiger partial charge in [0.25, 0.3) is 0 Å². The number of hydrogen-bond acceptors (Lipinski definition) is 8. The SMILES string of the molecule is C[C@@]1(CO)C[C@H](O[C@@H]2O[C@H](CO)[C@@H](O)[C@@H](O)[C@H]2O)C[C@@]2(C)[C@H]1CC[C@]13C[C@@H](CC[C@@H]12)[C@@](C)(O)C3. The van der Waals surface area contributed by atoms with Crippen LogP contribution in [0.3, 0.4) is 0 Å². The summed E-state index contributed by atoms with van der Waals surface area (Å²) in [7, 11) is 0. The van der Waals surface area contributed by atoms with E-state index in [2.05, 4.69) is 13.8 Å². The van der Waals surface area contributed by atoms with Crippen molar-refractivity contribution in [1.82, 2.24) is 0 Å². The van der Waals surface area contributed by atoms with E-state index in [0.717, 1.165) is 44.9 Å². The van der Waals surface area contributed by atoms with Crippen LogP contribution in [0.25, 0.3) is 0 Å². The first-order valence-corrected chi connectivity index (χ1v) is 13.2. The zero-order valence-corrected chi connectivity index (χ0v) is 20.8. The molecule has 1 heterocycles. The zero-order valence-electron chi connectivity index (χ0n) is 20.8. The Morgan fingerprint density at radius 1 is 0.882 bits per heavy atom. The second kappa shape index (κ2) is 8.35. The van der Waals surface area contributed by atoms with Crippen LogP contribution in [-0.2, 0) is 9.47 Å². The minimum absolute atomic E-state index is 0.0435. The molecule has 4 saturated carbocycles. The van der Waals surface area contributed by atoms with E-state index in [4.69, 9.17) is 9.47 Å². The summed E-state index contributed by atoms with van der Waals surface area (Å²) in [6, 6.07) is 0. The average molecular weight is 485 g/mol. The molecule has 2 bridgehead atoms. The zero-order chi connectivity index (χ0) is 24.7. The summed E-state index contributed by atoms with van der Waals surface area (Å²) in [5.74, 6) is 1.12. The van der Waals surface area contributed by atoms with Crippen molar-refractivity contribution in [3.63, 3.8) is 0 Å². The average Bonchev–Trinajstić information content (AvgIpc) is 2.96. The van der Waals surface area contributed by atoms with Crippen LogP contribution in [0.1, 0.15) is 72.1 Å². The maximum atomic E-state index is 11.1. The molecule has 5 fully saturated rings. The minimum atomic E-state index is -1.47. The fraction of sp³-hybridized carbons (Fsp3) is 1.00. The Kier molecular flexibility index (Phi) is 6.22. The van der Waals surface area contributed by atoms with Gasteiger partial charge in [0.2, 0.25) is 0 Å². The van der Waals surface area contributed by atoms with Crippen molar-refractivity contribution in [1.29, 1.82) is 0 Å². The van der Waals surface area contributed by atoms with Gasteiger partial charge in [-0.25, -0.2) is 0 Å². The monoisotopic (exact) mass is 484 g/mol. The van der Waals surface area contributed by atoms with Crippen LogP contribution < -0.4 is 0 Å². The van der Waals surface area contributed by atoms with Crippen LogP contribution in [0.2, 0.25) is 0 Å². The lowest BCUT2D eigenvalue weighted by molar-refractivity contribution is -0.323. The van der Waals surface area contributed by atoms with Gasteiger partial charge < -0.3 is 40.1 Å².